The van der Waals surface area contributed by atoms with Crippen molar-refractivity contribution >= 4 is 39.1 Å². The van der Waals surface area contributed by atoms with Crippen molar-refractivity contribution in [3.63, 3.8) is 0 Å². The molecule has 1 aromatic carbocycles. The molecule has 32 heavy (non-hydrogen) atoms. The standard InChI is InChI=1S/C25H25N3O2S2/c1-14-12-20(15(2)28(14)17-8-10-18(30-4)11-9-17)21(29)13-31-24-23-19-6-5-7-22(19)32-25(23)27-16(3)26-24/h8-12H,5-7,13H2,1-4H3. The SMILES string of the molecule is COc1ccc(-n2c(C)cc(C(=O)CSc3nc(C)nc4sc5c(c34)CCC5)c2C)cc1. The van der Waals surface area contributed by atoms with Gasteiger partial charge in [0.15, 0.2) is 5.78 Å². The molecular weight excluding hydrogens is 438 g/mol. The lowest BCUT2D eigenvalue weighted by atomic mass is 10.2. The maximum atomic E-state index is 13.2. The molecule has 0 fully saturated rings. The van der Waals surface area contributed by atoms with Gasteiger partial charge in [-0.05, 0) is 75.9 Å². The average Bonchev–Trinajstić information content (AvgIpc) is 3.44. The molecule has 0 radical (unpaired) electrons. The van der Waals surface area contributed by atoms with Gasteiger partial charge >= 0.3 is 0 Å². The summed E-state index contributed by atoms with van der Waals surface area (Å²) >= 11 is 3.33. The Hall–Kier alpha value is -2.64. The van der Waals surface area contributed by atoms with Gasteiger partial charge in [0, 0.05) is 32.9 Å². The van der Waals surface area contributed by atoms with Gasteiger partial charge in [0.1, 0.15) is 21.4 Å². The minimum atomic E-state index is 0.124. The van der Waals surface area contributed by atoms with E-state index >= 15 is 0 Å². The zero-order valence-electron chi connectivity index (χ0n) is 18.7. The summed E-state index contributed by atoms with van der Waals surface area (Å²) in [5, 5.41) is 2.12. The molecular formula is C25H25N3O2S2. The molecule has 0 saturated carbocycles. The van der Waals surface area contributed by atoms with Crippen molar-refractivity contribution in [3.8, 4) is 11.4 Å². The van der Waals surface area contributed by atoms with Crippen LogP contribution in [0.15, 0.2) is 35.4 Å². The predicted molar refractivity (Wildman–Crippen MR) is 131 cm³/mol. The second-order valence-electron chi connectivity index (χ2n) is 8.14. The number of hydrogen-bond acceptors (Lipinski definition) is 6. The van der Waals surface area contributed by atoms with Crippen LogP contribution in [0.2, 0.25) is 0 Å². The Morgan fingerprint density at radius 2 is 1.94 bits per heavy atom. The van der Waals surface area contributed by atoms with Gasteiger partial charge in [0.05, 0.1) is 12.9 Å². The van der Waals surface area contributed by atoms with E-state index in [1.54, 1.807) is 30.2 Å². The van der Waals surface area contributed by atoms with Crippen LogP contribution in [0.4, 0.5) is 0 Å². The Balaban J connectivity index is 1.42. The van der Waals surface area contributed by atoms with E-state index in [1.165, 1.54) is 22.2 Å². The van der Waals surface area contributed by atoms with Crippen molar-refractivity contribution < 1.29 is 9.53 Å². The molecule has 0 amide bonds. The summed E-state index contributed by atoms with van der Waals surface area (Å²) in [5.74, 6) is 2.07. The molecule has 0 atom stereocenters. The van der Waals surface area contributed by atoms with Gasteiger partial charge in [0.25, 0.3) is 0 Å². The van der Waals surface area contributed by atoms with Crippen molar-refractivity contribution in [2.75, 3.05) is 12.9 Å². The molecule has 5 nitrogen and oxygen atoms in total. The smallest absolute Gasteiger partial charge is 0.174 e. The second-order valence-corrected chi connectivity index (χ2v) is 10.2. The normalized spacial score (nSPS) is 13.0. The fourth-order valence-corrected chi connectivity index (χ4v) is 6.91. The first-order valence-electron chi connectivity index (χ1n) is 10.7. The summed E-state index contributed by atoms with van der Waals surface area (Å²) in [5.41, 5.74) is 5.19. The topological polar surface area (TPSA) is 57.0 Å². The first-order valence-corrected chi connectivity index (χ1v) is 12.5. The molecule has 1 aliphatic rings. The lowest BCUT2D eigenvalue weighted by molar-refractivity contribution is 0.102. The molecule has 4 aromatic rings. The number of thioether (sulfide) groups is 1. The minimum Gasteiger partial charge on any atom is -0.497 e. The van der Waals surface area contributed by atoms with Crippen molar-refractivity contribution in [3.05, 3.63) is 63.5 Å². The lowest BCUT2D eigenvalue weighted by Crippen LogP contribution is -2.06. The molecule has 0 aliphatic heterocycles. The van der Waals surface area contributed by atoms with Gasteiger partial charge < -0.3 is 9.30 Å². The second kappa shape index (κ2) is 8.37. The number of aromatic nitrogens is 3. The summed E-state index contributed by atoms with van der Waals surface area (Å²) in [4.78, 5) is 25.1. The Morgan fingerprint density at radius 3 is 2.69 bits per heavy atom. The highest BCUT2D eigenvalue weighted by molar-refractivity contribution is 8.00. The number of fused-ring (bicyclic) bond motifs is 3. The number of thiophene rings is 1. The fourth-order valence-electron chi connectivity index (χ4n) is 4.55. The van der Waals surface area contributed by atoms with Crippen LogP contribution in [-0.2, 0) is 12.8 Å². The van der Waals surface area contributed by atoms with E-state index in [2.05, 4.69) is 9.55 Å². The van der Waals surface area contributed by atoms with Crippen LogP contribution in [0.3, 0.4) is 0 Å². The minimum absolute atomic E-state index is 0.124. The average molecular weight is 464 g/mol. The van der Waals surface area contributed by atoms with Crippen LogP contribution in [0.5, 0.6) is 5.75 Å². The third-order valence-electron chi connectivity index (χ3n) is 6.05. The number of rotatable bonds is 6. The maximum absolute atomic E-state index is 13.2. The highest BCUT2D eigenvalue weighted by Crippen LogP contribution is 2.40. The first kappa shape index (κ1) is 21.2. The number of ketones is 1. The monoisotopic (exact) mass is 463 g/mol. The van der Waals surface area contributed by atoms with Crippen LogP contribution in [-0.4, -0.2) is 33.2 Å². The zero-order chi connectivity index (χ0) is 22.4. The Morgan fingerprint density at radius 1 is 1.16 bits per heavy atom. The molecule has 0 spiro atoms. The van der Waals surface area contributed by atoms with Crippen molar-refractivity contribution in [2.24, 2.45) is 0 Å². The number of carbonyl (C=O) groups excluding carboxylic acids is 1. The van der Waals surface area contributed by atoms with Gasteiger partial charge in [-0.2, -0.15) is 0 Å². The van der Waals surface area contributed by atoms with Gasteiger partial charge in [0.2, 0.25) is 0 Å². The van der Waals surface area contributed by atoms with E-state index in [4.69, 9.17) is 9.72 Å². The fraction of sp³-hybridized carbons (Fsp3) is 0.320. The number of Topliss-reactive ketones (excluding diaryl/α,β-unsaturated/α-hetero) is 1. The van der Waals surface area contributed by atoms with Crippen molar-refractivity contribution in [1.29, 1.82) is 0 Å². The van der Waals surface area contributed by atoms with Crippen LogP contribution >= 0.6 is 23.1 Å². The quantitative estimate of drug-likeness (QED) is 0.203. The Bertz CT molecular complexity index is 1340. The molecule has 164 valence electrons. The van der Waals surface area contributed by atoms with E-state index in [0.29, 0.717) is 5.75 Å². The van der Waals surface area contributed by atoms with Crippen LogP contribution in [0, 0.1) is 20.8 Å². The number of methoxy groups -OCH3 is 1. The van der Waals surface area contributed by atoms with Crippen LogP contribution < -0.4 is 4.74 Å². The van der Waals surface area contributed by atoms with Gasteiger partial charge in [-0.15, -0.1) is 11.3 Å². The van der Waals surface area contributed by atoms with E-state index in [-0.39, 0.29) is 5.78 Å². The number of ether oxygens (including phenoxy) is 1. The lowest BCUT2D eigenvalue weighted by Gasteiger charge is -2.11. The Labute approximate surface area is 195 Å². The summed E-state index contributed by atoms with van der Waals surface area (Å²) in [6, 6.07) is 9.89. The number of carbonyl (C=O) groups is 1. The van der Waals surface area contributed by atoms with Crippen molar-refractivity contribution in [2.45, 2.75) is 45.1 Å². The molecule has 0 saturated heterocycles. The largest absolute Gasteiger partial charge is 0.497 e. The summed E-state index contributed by atoms with van der Waals surface area (Å²) in [6.07, 6.45) is 3.42. The summed E-state index contributed by atoms with van der Waals surface area (Å²) < 4.78 is 7.39. The summed E-state index contributed by atoms with van der Waals surface area (Å²) in [7, 11) is 1.66. The number of benzene rings is 1. The molecule has 3 aromatic heterocycles. The van der Waals surface area contributed by atoms with Gasteiger partial charge in [-0.1, -0.05) is 11.8 Å². The van der Waals surface area contributed by atoms with E-state index < -0.39 is 0 Å². The Kier molecular flexibility index (Phi) is 5.55. The van der Waals surface area contributed by atoms with E-state index in [0.717, 1.165) is 56.9 Å². The molecule has 1 aliphatic carbocycles. The van der Waals surface area contributed by atoms with E-state index in [9.17, 15) is 4.79 Å². The van der Waals surface area contributed by atoms with E-state index in [1.807, 2.05) is 51.1 Å². The predicted octanol–water partition coefficient (Wildman–Crippen LogP) is 5.88. The molecule has 0 N–H and O–H groups in total. The molecule has 5 rings (SSSR count). The number of nitrogens with zero attached hydrogens (tertiary/aromatic N) is 3. The highest BCUT2D eigenvalue weighted by atomic mass is 32.2. The number of aryl methyl sites for hydroxylation is 4. The third kappa shape index (κ3) is 3.63. The molecule has 0 unspecified atom stereocenters. The van der Waals surface area contributed by atoms with Crippen molar-refractivity contribution in [1.82, 2.24) is 14.5 Å². The van der Waals surface area contributed by atoms with Crippen LogP contribution in [0.25, 0.3) is 15.9 Å². The summed E-state index contributed by atoms with van der Waals surface area (Å²) in [6.45, 7) is 5.97. The molecule has 0 bridgehead atoms. The van der Waals surface area contributed by atoms with Gasteiger partial charge in [-0.25, -0.2) is 9.97 Å². The van der Waals surface area contributed by atoms with Crippen LogP contribution in [0.1, 0.15) is 44.4 Å². The van der Waals surface area contributed by atoms with Gasteiger partial charge in [-0.3, -0.25) is 4.79 Å². The zero-order valence-corrected chi connectivity index (χ0v) is 20.3. The molecule has 7 heteroatoms. The number of hydrogen-bond donors (Lipinski definition) is 0. The highest BCUT2D eigenvalue weighted by Gasteiger charge is 2.23. The maximum Gasteiger partial charge on any atom is 0.174 e. The third-order valence-corrected chi connectivity index (χ3v) is 8.21. The first-order chi connectivity index (χ1) is 15.5. The molecule has 3 heterocycles.